The molecular weight excluding hydrogens is 266 g/mol. The lowest BCUT2D eigenvalue weighted by atomic mass is 9.95. The Morgan fingerprint density at radius 2 is 2.24 bits per heavy atom. The third-order valence-electron chi connectivity index (χ3n) is 3.86. The van der Waals surface area contributed by atoms with Gasteiger partial charge in [0, 0.05) is 19.6 Å². The van der Waals surface area contributed by atoms with E-state index in [0.29, 0.717) is 13.1 Å². The summed E-state index contributed by atoms with van der Waals surface area (Å²) in [4.78, 5) is 12.2. The van der Waals surface area contributed by atoms with E-state index in [0.717, 1.165) is 18.8 Å². The number of carbonyl (C=O) groups is 1. The van der Waals surface area contributed by atoms with Gasteiger partial charge < -0.3 is 15.2 Å². The van der Waals surface area contributed by atoms with Crippen molar-refractivity contribution < 1.29 is 4.79 Å². The average molecular weight is 285 g/mol. The molecule has 0 saturated heterocycles. The van der Waals surface area contributed by atoms with E-state index >= 15 is 0 Å². The van der Waals surface area contributed by atoms with Crippen molar-refractivity contribution in [3.63, 3.8) is 0 Å². The minimum atomic E-state index is -0.151. The SMILES string of the molecule is Cc1nncn1CCNC(=O)[C@H]1Cc2ccccc2CN1. The maximum absolute atomic E-state index is 12.2. The van der Waals surface area contributed by atoms with E-state index in [-0.39, 0.29) is 11.9 Å². The molecule has 1 aromatic carbocycles. The maximum atomic E-state index is 12.2. The standard InChI is InChI=1S/C15H19N5O/c1-11-19-18-10-20(11)7-6-16-15(21)14-8-12-4-2-3-5-13(12)9-17-14/h2-5,10,14,17H,6-9H2,1H3,(H,16,21)/t14-/m1/s1. The van der Waals surface area contributed by atoms with E-state index < -0.39 is 0 Å². The Morgan fingerprint density at radius 1 is 1.43 bits per heavy atom. The van der Waals surface area contributed by atoms with Gasteiger partial charge in [-0.3, -0.25) is 4.79 Å². The summed E-state index contributed by atoms with van der Waals surface area (Å²) in [7, 11) is 0. The van der Waals surface area contributed by atoms with Gasteiger partial charge in [0.15, 0.2) is 0 Å². The van der Waals surface area contributed by atoms with E-state index in [1.54, 1.807) is 6.33 Å². The molecule has 110 valence electrons. The molecule has 21 heavy (non-hydrogen) atoms. The van der Waals surface area contributed by atoms with Gasteiger partial charge in [-0.15, -0.1) is 10.2 Å². The molecule has 0 bridgehead atoms. The maximum Gasteiger partial charge on any atom is 0.237 e. The number of benzene rings is 1. The molecule has 6 heteroatoms. The fourth-order valence-electron chi connectivity index (χ4n) is 2.59. The van der Waals surface area contributed by atoms with Gasteiger partial charge >= 0.3 is 0 Å². The molecule has 0 unspecified atom stereocenters. The van der Waals surface area contributed by atoms with Crippen LogP contribution in [0, 0.1) is 6.92 Å². The van der Waals surface area contributed by atoms with Gasteiger partial charge in [0.05, 0.1) is 6.04 Å². The lowest BCUT2D eigenvalue weighted by molar-refractivity contribution is -0.123. The molecule has 2 N–H and O–H groups in total. The number of nitrogens with one attached hydrogen (secondary N) is 2. The Bertz CT molecular complexity index is 636. The quantitative estimate of drug-likeness (QED) is 0.854. The van der Waals surface area contributed by atoms with Crippen molar-refractivity contribution in [1.29, 1.82) is 0 Å². The monoisotopic (exact) mass is 285 g/mol. The first-order chi connectivity index (χ1) is 10.2. The first-order valence-electron chi connectivity index (χ1n) is 7.16. The summed E-state index contributed by atoms with van der Waals surface area (Å²) < 4.78 is 1.92. The molecule has 0 aliphatic carbocycles. The van der Waals surface area contributed by atoms with E-state index in [9.17, 15) is 4.79 Å². The fraction of sp³-hybridized carbons (Fsp3) is 0.400. The Kier molecular flexibility index (Phi) is 3.96. The number of fused-ring (bicyclic) bond motifs is 1. The summed E-state index contributed by atoms with van der Waals surface area (Å²) in [6.07, 6.45) is 2.42. The summed E-state index contributed by atoms with van der Waals surface area (Å²) in [5.74, 6) is 0.907. The van der Waals surface area contributed by atoms with Gasteiger partial charge in [-0.2, -0.15) is 0 Å². The van der Waals surface area contributed by atoms with Crippen LogP contribution in [0.25, 0.3) is 0 Å². The molecule has 2 aromatic rings. The van der Waals surface area contributed by atoms with Gasteiger partial charge in [0.25, 0.3) is 0 Å². The molecule has 3 rings (SSSR count). The van der Waals surface area contributed by atoms with Crippen LogP contribution in [-0.4, -0.2) is 33.3 Å². The molecule has 2 heterocycles. The molecule has 1 aliphatic heterocycles. The second-order valence-corrected chi connectivity index (χ2v) is 5.27. The van der Waals surface area contributed by atoms with Gasteiger partial charge in [-0.1, -0.05) is 24.3 Å². The van der Waals surface area contributed by atoms with E-state index in [1.807, 2.05) is 23.6 Å². The van der Waals surface area contributed by atoms with Crippen molar-refractivity contribution in [3.8, 4) is 0 Å². The highest BCUT2D eigenvalue weighted by Gasteiger charge is 2.23. The van der Waals surface area contributed by atoms with Crippen LogP contribution in [0.2, 0.25) is 0 Å². The number of carbonyl (C=O) groups excluding carboxylic acids is 1. The second-order valence-electron chi connectivity index (χ2n) is 5.27. The van der Waals surface area contributed by atoms with E-state index in [4.69, 9.17) is 0 Å². The molecule has 1 aromatic heterocycles. The second kappa shape index (κ2) is 6.05. The first kappa shape index (κ1) is 13.8. The smallest absolute Gasteiger partial charge is 0.237 e. The molecule has 0 radical (unpaired) electrons. The lowest BCUT2D eigenvalue weighted by Gasteiger charge is -2.25. The summed E-state index contributed by atoms with van der Waals surface area (Å²) >= 11 is 0. The average Bonchev–Trinajstić information content (AvgIpc) is 2.92. The van der Waals surface area contributed by atoms with E-state index in [2.05, 4.69) is 33.0 Å². The summed E-state index contributed by atoms with van der Waals surface area (Å²) in [5.41, 5.74) is 2.53. The Hall–Kier alpha value is -2.21. The van der Waals surface area contributed by atoms with Crippen molar-refractivity contribution in [2.75, 3.05) is 6.54 Å². The third kappa shape index (κ3) is 3.11. The Labute approximate surface area is 123 Å². The predicted molar refractivity (Wildman–Crippen MR) is 78.5 cm³/mol. The lowest BCUT2D eigenvalue weighted by Crippen LogP contribution is -2.48. The van der Waals surface area contributed by atoms with Crippen LogP contribution >= 0.6 is 0 Å². The highest BCUT2D eigenvalue weighted by atomic mass is 16.2. The van der Waals surface area contributed by atoms with Gasteiger partial charge in [0.2, 0.25) is 5.91 Å². The first-order valence-corrected chi connectivity index (χ1v) is 7.16. The Balaban J connectivity index is 1.52. The summed E-state index contributed by atoms with van der Waals surface area (Å²) in [6, 6.07) is 8.10. The van der Waals surface area contributed by atoms with Crippen LogP contribution in [0.15, 0.2) is 30.6 Å². The molecule has 1 aliphatic rings. The Morgan fingerprint density at radius 3 is 3.00 bits per heavy atom. The van der Waals surface area contributed by atoms with Crippen LogP contribution in [0.3, 0.4) is 0 Å². The van der Waals surface area contributed by atoms with Crippen LogP contribution < -0.4 is 10.6 Å². The highest BCUT2D eigenvalue weighted by molar-refractivity contribution is 5.82. The molecule has 0 saturated carbocycles. The van der Waals surface area contributed by atoms with Crippen LogP contribution in [0.5, 0.6) is 0 Å². The summed E-state index contributed by atoms with van der Waals surface area (Å²) in [5, 5.41) is 14.0. The number of aryl methyl sites for hydroxylation is 1. The van der Waals surface area contributed by atoms with E-state index in [1.165, 1.54) is 11.1 Å². The molecule has 6 nitrogen and oxygen atoms in total. The summed E-state index contributed by atoms with van der Waals surface area (Å²) in [6.45, 7) is 3.92. The largest absolute Gasteiger partial charge is 0.353 e. The number of hydrogen-bond donors (Lipinski definition) is 2. The minimum absolute atomic E-state index is 0.0511. The van der Waals surface area contributed by atoms with Crippen LogP contribution in [-0.2, 0) is 24.3 Å². The fourth-order valence-corrected chi connectivity index (χ4v) is 2.59. The molecular formula is C15H19N5O. The molecule has 1 amide bonds. The van der Waals surface area contributed by atoms with Crippen LogP contribution in [0.4, 0.5) is 0 Å². The number of aromatic nitrogens is 3. The molecule has 0 fully saturated rings. The minimum Gasteiger partial charge on any atom is -0.353 e. The van der Waals surface area contributed by atoms with Gasteiger partial charge in [-0.05, 0) is 24.5 Å². The van der Waals surface area contributed by atoms with Gasteiger partial charge in [-0.25, -0.2) is 0 Å². The molecule has 1 atom stereocenters. The number of amides is 1. The topological polar surface area (TPSA) is 71.8 Å². The van der Waals surface area contributed by atoms with Crippen molar-refractivity contribution in [2.45, 2.75) is 32.5 Å². The normalized spacial score (nSPS) is 17.3. The molecule has 0 spiro atoms. The zero-order valence-corrected chi connectivity index (χ0v) is 12.0. The van der Waals surface area contributed by atoms with Gasteiger partial charge in [0.1, 0.15) is 12.2 Å². The van der Waals surface area contributed by atoms with Crippen molar-refractivity contribution in [3.05, 3.63) is 47.5 Å². The zero-order valence-electron chi connectivity index (χ0n) is 12.0. The van der Waals surface area contributed by atoms with Crippen molar-refractivity contribution in [2.24, 2.45) is 0 Å². The van der Waals surface area contributed by atoms with Crippen LogP contribution in [0.1, 0.15) is 17.0 Å². The third-order valence-corrected chi connectivity index (χ3v) is 3.86. The predicted octanol–water partition coefficient (Wildman–Crippen LogP) is 0.417. The number of rotatable bonds is 4. The highest BCUT2D eigenvalue weighted by Crippen LogP contribution is 2.16. The van der Waals surface area contributed by atoms with Crippen molar-refractivity contribution in [1.82, 2.24) is 25.4 Å². The van der Waals surface area contributed by atoms with Crippen molar-refractivity contribution >= 4 is 5.91 Å². The zero-order chi connectivity index (χ0) is 14.7. The number of nitrogens with zero attached hydrogens (tertiary/aromatic N) is 3. The number of hydrogen-bond acceptors (Lipinski definition) is 4.